The molecule has 0 radical (unpaired) electrons. The van der Waals surface area contributed by atoms with Gasteiger partial charge in [-0.1, -0.05) is 42.5 Å². The molecule has 0 aliphatic heterocycles. The lowest BCUT2D eigenvalue weighted by Crippen LogP contribution is -2.33. The number of hydrogen-bond donors (Lipinski definition) is 1. The molecule has 0 bridgehead atoms. The molecule has 0 aromatic heterocycles. The first-order valence-electron chi connectivity index (χ1n) is 6.77. The lowest BCUT2D eigenvalue weighted by molar-refractivity contribution is 0.329. The van der Waals surface area contributed by atoms with Crippen molar-refractivity contribution >= 4 is 35.6 Å². The van der Waals surface area contributed by atoms with Crippen molar-refractivity contribution in [1.82, 2.24) is 4.67 Å². The van der Waals surface area contributed by atoms with Crippen molar-refractivity contribution in [2.24, 2.45) is 0 Å². The monoisotopic (exact) mass is 291 g/mol. The number of thiol groups is 1. The summed E-state index contributed by atoms with van der Waals surface area (Å²) in [4.78, 5) is 0. The molecular weight excluding hydrogens is 269 g/mol. The van der Waals surface area contributed by atoms with E-state index in [1.165, 1.54) is 16.1 Å². The molecule has 1 unspecified atom stereocenters. The second-order valence-corrected chi connectivity index (χ2v) is 8.01. The Balaban J connectivity index is 2.48. The second-order valence-electron chi connectivity index (χ2n) is 5.36. The largest absolute Gasteiger partial charge is 0.265 e. The molecule has 2 rings (SSSR count). The van der Waals surface area contributed by atoms with Gasteiger partial charge in [0.05, 0.1) is 7.27 Å². The van der Waals surface area contributed by atoms with Gasteiger partial charge >= 0.3 is 0 Å². The molecule has 0 saturated heterocycles. The topological polar surface area (TPSA) is 3.24 Å². The Labute approximate surface area is 123 Å². The predicted octanol–water partition coefficient (Wildman–Crippen LogP) is 4.83. The molecule has 3 heteroatoms. The zero-order valence-corrected chi connectivity index (χ0v) is 13.8. The summed E-state index contributed by atoms with van der Waals surface area (Å²) < 4.78 is 2.50. The normalized spacial score (nSPS) is 13.7. The molecule has 0 aliphatic carbocycles. The maximum Gasteiger partial charge on any atom is 0.0555 e. The Kier molecular flexibility index (Phi) is 4.89. The second kappa shape index (κ2) is 6.26. The highest BCUT2D eigenvalue weighted by Gasteiger charge is 2.23. The van der Waals surface area contributed by atoms with E-state index < -0.39 is 7.27 Å². The summed E-state index contributed by atoms with van der Waals surface area (Å²) in [6.45, 7) is 8.99. The summed E-state index contributed by atoms with van der Waals surface area (Å²) in [6, 6.07) is 16.1. The van der Waals surface area contributed by atoms with Crippen molar-refractivity contribution in [1.29, 1.82) is 0 Å². The third-order valence-electron chi connectivity index (χ3n) is 3.26. The average Bonchev–Trinajstić information content (AvgIpc) is 2.37. The van der Waals surface area contributed by atoms with E-state index in [9.17, 15) is 0 Å². The van der Waals surface area contributed by atoms with E-state index in [0.29, 0.717) is 12.1 Å². The van der Waals surface area contributed by atoms with E-state index >= 15 is 0 Å². The molecule has 2 aromatic carbocycles. The minimum atomic E-state index is -0.590. The van der Waals surface area contributed by atoms with Gasteiger partial charge in [0, 0.05) is 17.4 Å². The van der Waals surface area contributed by atoms with E-state index in [0.717, 1.165) is 0 Å². The van der Waals surface area contributed by atoms with E-state index in [4.69, 9.17) is 12.2 Å². The molecule has 0 aliphatic rings. The first kappa shape index (κ1) is 14.8. The summed E-state index contributed by atoms with van der Waals surface area (Å²) in [6.07, 6.45) is 0. The van der Waals surface area contributed by atoms with E-state index in [2.05, 4.69) is 74.8 Å². The van der Waals surface area contributed by atoms with Crippen LogP contribution in [0.15, 0.2) is 42.5 Å². The average molecular weight is 291 g/mol. The first-order chi connectivity index (χ1) is 9.02. The highest BCUT2D eigenvalue weighted by Crippen LogP contribution is 2.48. The molecule has 1 nitrogen and oxygen atoms in total. The summed E-state index contributed by atoms with van der Waals surface area (Å²) in [5.41, 5.74) is 0. The Hall–Kier alpha value is -0.560. The van der Waals surface area contributed by atoms with Gasteiger partial charge in [-0.2, -0.15) is 0 Å². The SMILES string of the molecule is CC(C)N(C(C)C)P(S)c1cccc2ccccc12. The smallest absolute Gasteiger partial charge is 0.0555 e. The van der Waals surface area contributed by atoms with Crippen molar-refractivity contribution in [2.75, 3.05) is 0 Å². The summed E-state index contributed by atoms with van der Waals surface area (Å²) in [5, 5.41) is 3.99. The molecule has 2 aromatic rings. The van der Waals surface area contributed by atoms with E-state index in [1.54, 1.807) is 0 Å². The van der Waals surface area contributed by atoms with Crippen LogP contribution in [0.3, 0.4) is 0 Å². The Morgan fingerprint density at radius 3 is 2.11 bits per heavy atom. The van der Waals surface area contributed by atoms with Crippen molar-refractivity contribution in [3.05, 3.63) is 42.5 Å². The molecule has 19 heavy (non-hydrogen) atoms. The van der Waals surface area contributed by atoms with Crippen molar-refractivity contribution in [2.45, 2.75) is 39.8 Å². The van der Waals surface area contributed by atoms with Crippen LogP contribution < -0.4 is 5.30 Å². The van der Waals surface area contributed by atoms with Gasteiger partial charge in [0.25, 0.3) is 0 Å². The van der Waals surface area contributed by atoms with Crippen LogP contribution in [0.2, 0.25) is 0 Å². The molecule has 0 fully saturated rings. The van der Waals surface area contributed by atoms with E-state index in [-0.39, 0.29) is 0 Å². The number of benzene rings is 2. The van der Waals surface area contributed by atoms with Crippen LogP contribution in [0.1, 0.15) is 27.7 Å². The Morgan fingerprint density at radius 1 is 0.895 bits per heavy atom. The highest BCUT2D eigenvalue weighted by molar-refractivity contribution is 8.47. The molecular formula is C16H22NPS. The molecule has 0 saturated carbocycles. The summed E-state index contributed by atoms with van der Waals surface area (Å²) >= 11 is 4.96. The quantitative estimate of drug-likeness (QED) is 0.624. The minimum Gasteiger partial charge on any atom is -0.265 e. The highest BCUT2D eigenvalue weighted by atomic mass is 32.7. The van der Waals surface area contributed by atoms with Crippen LogP contribution >= 0.6 is 19.5 Å². The van der Waals surface area contributed by atoms with Gasteiger partial charge in [-0.15, -0.1) is 12.2 Å². The molecule has 102 valence electrons. The standard InChI is InChI=1S/C16H22NPS/c1-12(2)17(13(3)4)18(19)16-11-7-9-14-8-5-6-10-15(14)16/h5-13,19H,1-4H3. The van der Waals surface area contributed by atoms with Gasteiger partial charge < -0.3 is 0 Å². The fraction of sp³-hybridized carbons (Fsp3) is 0.375. The fourth-order valence-corrected chi connectivity index (χ4v) is 6.07. The van der Waals surface area contributed by atoms with Gasteiger partial charge in [-0.05, 0) is 38.5 Å². The number of nitrogens with zero attached hydrogens (tertiary/aromatic N) is 1. The lowest BCUT2D eigenvalue weighted by atomic mass is 10.1. The van der Waals surface area contributed by atoms with Gasteiger partial charge in [-0.25, -0.2) is 0 Å². The van der Waals surface area contributed by atoms with Crippen LogP contribution in [0, 0.1) is 0 Å². The van der Waals surface area contributed by atoms with Crippen LogP contribution in [-0.4, -0.2) is 16.8 Å². The minimum absolute atomic E-state index is 0.502. The van der Waals surface area contributed by atoms with Crippen LogP contribution in [0.4, 0.5) is 0 Å². The van der Waals surface area contributed by atoms with Gasteiger partial charge in [0.15, 0.2) is 0 Å². The molecule has 0 N–H and O–H groups in total. The molecule has 0 amide bonds. The number of fused-ring (bicyclic) bond motifs is 1. The van der Waals surface area contributed by atoms with Gasteiger partial charge in [0.1, 0.15) is 0 Å². The predicted molar refractivity (Wildman–Crippen MR) is 91.6 cm³/mol. The zero-order valence-electron chi connectivity index (χ0n) is 12.0. The van der Waals surface area contributed by atoms with Crippen LogP contribution in [-0.2, 0) is 0 Å². The van der Waals surface area contributed by atoms with Gasteiger partial charge in [-0.3, -0.25) is 4.67 Å². The van der Waals surface area contributed by atoms with Crippen molar-refractivity contribution in [3.8, 4) is 0 Å². The fourth-order valence-electron chi connectivity index (χ4n) is 2.54. The Morgan fingerprint density at radius 2 is 1.47 bits per heavy atom. The van der Waals surface area contributed by atoms with E-state index in [1.807, 2.05) is 0 Å². The first-order valence-corrected chi connectivity index (χ1v) is 9.22. The maximum atomic E-state index is 4.96. The van der Waals surface area contributed by atoms with Crippen molar-refractivity contribution < 1.29 is 0 Å². The van der Waals surface area contributed by atoms with Gasteiger partial charge in [0.2, 0.25) is 0 Å². The van der Waals surface area contributed by atoms with Crippen molar-refractivity contribution in [3.63, 3.8) is 0 Å². The third-order valence-corrected chi connectivity index (χ3v) is 6.71. The zero-order chi connectivity index (χ0) is 14.0. The number of rotatable bonds is 4. The molecule has 1 atom stereocenters. The lowest BCUT2D eigenvalue weighted by Gasteiger charge is -2.35. The molecule has 0 heterocycles. The maximum absolute atomic E-state index is 4.96. The third kappa shape index (κ3) is 3.13. The summed E-state index contributed by atoms with van der Waals surface area (Å²) in [7, 11) is -0.590. The van der Waals surface area contributed by atoms with Crippen LogP contribution in [0.5, 0.6) is 0 Å². The van der Waals surface area contributed by atoms with Crippen LogP contribution in [0.25, 0.3) is 10.8 Å². The molecule has 0 spiro atoms. The number of hydrogen-bond acceptors (Lipinski definition) is 2. The summed E-state index contributed by atoms with van der Waals surface area (Å²) in [5.74, 6) is 0. The Bertz CT molecular complexity index is 540.